The summed E-state index contributed by atoms with van der Waals surface area (Å²) in [4.78, 5) is 19.3. The van der Waals surface area contributed by atoms with Crippen LogP contribution in [0.25, 0.3) is 0 Å². The van der Waals surface area contributed by atoms with Crippen LogP contribution in [0.5, 0.6) is 5.88 Å². The Kier molecular flexibility index (Phi) is 9.46. The molecule has 2 rings (SSSR count). The minimum atomic E-state index is -4.58. The summed E-state index contributed by atoms with van der Waals surface area (Å²) in [5, 5.41) is 2.62. The third kappa shape index (κ3) is 9.33. The Labute approximate surface area is 166 Å². The topological polar surface area (TPSA) is 90.1 Å². The number of ether oxygens (including phenoxy) is 1. The number of nitrogens with one attached hydrogen (secondary N) is 1. The Hall–Kier alpha value is -2.75. The normalized spacial score (nSPS) is 13.0. The van der Waals surface area contributed by atoms with Crippen LogP contribution < -0.4 is 15.8 Å². The zero-order valence-electron chi connectivity index (χ0n) is 16.3. The second kappa shape index (κ2) is 11.3. The van der Waals surface area contributed by atoms with Crippen LogP contribution in [0.2, 0.25) is 0 Å². The number of alkyl halides is 3. The van der Waals surface area contributed by atoms with Gasteiger partial charge >= 0.3 is 6.18 Å². The number of amides is 1. The van der Waals surface area contributed by atoms with E-state index in [1.807, 2.05) is 6.92 Å². The predicted molar refractivity (Wildman–Crippen MR) is 99.8 cm³/mol. The molecular formula is C19H24F4N4O2. The Balaban J connectivity index is 0.000000749. The largest absolute Gasteiger partial charge is 0.466 e. The molecule has 2 heterocycles. The number of hydrogen-bond acceptors (Lipinski definition) is 5. The van der Waals surface area contributed by atoms with Gasteiger partial charge in [0.2, 0.25) is 0 Å². The highest BCUT2D eigenvalue weighted by Gasteiger charge is 2.29. The number of pyridine rings is 2. The van der Waals surface area contributed by atoms with Crippen molar-refractivity contribution >= 4 is 5.91 Å². The van der Waals surface area contributed by atoms with Gasteiger partial charge in [-0.05, 0) is 44.0 Å². The first-order valence-electron chi connectivity index (χ1n) is 8.85. The molecule has 160 valence electrons. The number of hydrogen-bond donors (Lipinski definition) is 2. The number of nitrogens with zero attached hydrogens (tertiary/aromatic N) is 2. The molecule has 6 nitrogen and oxygen atoms in total. The SMILES string of the molecule is CC(NC(=O)c1ccncc1)c1cnc(OCC(F)(F)F)c(F)c1.CCC(C)N. The highest BCUT2D eigenvalue weighted by Crippen LogP contribution is 2.22. The van der Waals surface area contributed by atoms with Crippen LogP contribution in [0.1, 0.15) is 49.2 Å². The molecule has 2 atom stereocenters. The summed E-state index contributed by atoms with van der Waals surface area (Å²) in [6.07, 6.45) is 0.548. The third-order valence-corrected chi connectivity index (χ3v) is 3.64. The number of halogens is 4. The first kappa shape index (κ1) is 24.3. The van der Waals surface area contributed by atoms with Crippen molar-refractivity contribution in [3.63, 3.8) is 0 Å². The number of aromatic nitrogens is 2. The van der Waals surface area contributed by atoms with E-state index in [4.69, 9.17) is 5.73 Å². The summed E-state index contributed by atoms with van der Waals surface area (Å²) < 4.78 is 54.2. The molecule has 10 heteroatoms. The zero-order valence-corrected chi connectivity index (χ0v) is 16.3. The van der Waals surface area contributed by atoms with Crippen molar-refractivity contribution in [1.29, 1.82) is 0 Å². The Morgan fingerprint density at radius 2 is 1.86 bits per heavy atom. The molecule has 2 aromatic rings. The molecule has 0 saturated heterocycles. The fraction of sp³-hybridized carbons (Fsp3) is 0.421. The van der Waals surface area contributed by atoms with Gasteiger partial charge in [0.1, 0.15) is 0 Å². The van der Waals surface area contributed by atoms with E-state index < -0.39 is 36.4 Å². The van der Waals surface area contributed by atoms with Gasteiger partial charge in [-0.1, -0.05) is 6.92 Å². The van der Waals surface area contributed by atoms with Crippen LogP contribution in [0, 0.1) is 5.82 Å². The maximum Gasteiger partial charge on any atom is 0.422 e. The Bertz CT molecular complexity index is 771. The number of nitrogens with two attached hydrogens (primary N) is 1. The monoisotopic (exact) mass is 416 g/mol. The van der Waals surface area contributed by atoms with Crippen molar-refractivity contribution in [3.8, 4) is 5.88 Å². The molecule has 1 amide bonds. The summed E-state index contributed by atoms with van der Waals surface area (Å²) in [6, 6.07) is 3.76. The summed E-state index contributed by atoms with van der Waals surface area (Å²) >= 11 is 0. The zero-order chi connectivity index (χ0) is 22.0. The van der Waals surface area contributed by atoms with Gasteiger partial charge < -0.3 is 15.8 Å². The molecule has 0 spiro atoms. The molecular weight excluding hydrogens is 392 g/mol. The first-order chi connectivity index (χ1) is 13.5. The van der Waals surface area contributed by atoms with Gasteiger partial charge in [-0.25, -0.2) is 9.37 Å². The average molecular weight is 416 g/mol. The molecule has 0 radical (unpaired) electrons. The number of rotatable bonds is 6. The minimum Gasteiger partial charge on any atom is -0.466 e. The molecule has 2 unspecified atom stereocenters. The highest BCUT2D eigenvalue weighted by molar-refractivity contribution is 5.94. The fourth-order valence-electron chi connectivity index (χ4n) is 1.80. The fourth-order valence-corrected chi connectivity index (χ4v) is 1.80. The molecule has 0 saturated carbocycles. The van der Waals surface area contributed by atoms with Crippen molar-refractivity contribution in [2.75, 3.05) is 6.61 Å². The standard InChI is InChI=1S/C15H13F4N3O2.C4H11N/c1-9(22-13(23)10-2-4-20-5-3-10)11-6-12(16)14(21-7-11)24-8-15(17,18)19;1-3-4(2)5/h2-7,9H,8H2,1H3,(H,22,23);4H,3,5H2,1-2H3. The highest BCUT2D eigenvalue weighted by atomic mass is 19.4. The van der Waals surface area contributed by atoms with Crippen molar-refractivity contribution in [3.05, 3.63) is 53.7 Å². The van der Waals surface area contributed by atoms with E-state index in [-0.39, 0.29) is 5.56 Å². The summed E-state index contributed by atoms with van der Waals surface area (Å²) in [7, 11) is 0. The maximum absolute atomic E-state index is 13.8. The van der Waals surface area contributed by atoms with Crippen LogP contribution in [-0.2, 0) is 0 Å². The lowest BCUT2D eigenvalue weighted by atomic mass is 10.1. The summed E-state index contributed by atoms with van der Waals surface area (Å²) in [5.41, 5.74) is 5.95. The maximum atomic E-state index is 13.8. The molecule has 0 fully saturated rings. The second-order valence-electron chi connectivity index (χ2n) is 6.28. The van der Waals surface area contributed by atoms with Gasteiger partial charge in [0, 0.05) is 30.2 Å². The van der Waals surface area contributed by atoms with E-state index in [0.717, 1.165) is 18.7 Å². The summed E-state index contributed by atoms with van der Waals surface area (Å²) in [5.74, 6) is -2.19. The predicted octanol–water partition coefficient (Wildman–Crippen LogP) is 3.79. The molecule has 0 aliphatic carbocycles. The Morgan fingerprint density at radius 1 is 1.28 bits per heavy atom. The molecule has 0 bridgehead atoms. The average Bonchev–Trinajstić information content (AvgIpc) is 2.67. The van der Waals surface area contributed by atoms with E-state index in [1.165, 1.54) is 24.5 Å². The second-order valence-corrected chi connectivity index (χ2v) is 6.28. The van der Waals surface area contributed by atoms with Gasteiger partial charge in [-0.3, -0.25) is 9.78 Å². The molecule has 0 aromatic carbocycles. The molecule has 3 N–H and O–H groups in total. The lowest BCUT2D eigenvalue weighted by Gasteiger charge is -2.15. The smallest absolute Gasteiger partial charge is 0.422 e. The summed E-state index contributed by atoms with van der Waals surface area (Å²) in [6.45, 7) is 4.03. The van der Waals surface area contributed by atoms with E-state index in [1.54, 1.807) is 6.92 Å². The van der Waals surface area contributed by atoms with Crippen LogP contribution in [-0.4, -0.2) is 34.7 Å². The molecule has 0 aliphatic rings. The van der Waals surface area contributed by atoms with Gasteiger partial charge in [-0.15, -0.1) is 0 Å². The van der Waals surface area contributed by atoms with E-state index in [9.17, 15) is 22.4 Å². The van der Waals surface area contributed by atoms with E-state index >= 15 is 0 Å². The molecule has 29 heavy (non-hydrogen) atoms. The van der Waals surface area contributed by atoms with Gasteiger partial charge in [-0.2, -0.15) is 13.2 Å². The number of carbonyl (C=O) groups excluding carboxylic acids is 1. The van der Waals surface area contributed by atoms with Crippen molar-refractivity contribution in [2.45, 2.75) is 45.5 Å². The quantitative estimate of drug-likeness (QED) is 0.700. The lowest BCUT2D eigenvalue weighted by molar-refractivity contribution is -0.154. The van der Waals surface area contributed by atoms with Gasteiger partial charge in [0.05, 0.1) is 6.04 Å². The van der Waals surface area contributed by atoms with Gasteiger partial charge in [0.15, 0.2) is 12.4 Å². The molecule has 0 aliphatic heterocycles. The van der Waals surface area contributed by atoms with Crippen molar-refractivity contribution < 1.29 is 27.1 Å². The van der Waals surface area contributed by atoms with E-state index in [0.29, 0.717) is 11.6 Å². The van der Waals surface area contributed by atoms with Crippen LogP contribution in [0.4, 0.5) is 17.6 Å². The minimum absolute atomic E-state index is 0.286. The lowest BCUT2D eigenvalue weighted by Crippen LogP contribution is -2.27. The van der Waals surface area contributed by atoms with Crippen molar-refractivity contribution in [2.24, 2.45) is 5.73 Å². The Morgan fingerprint density at radius 3 is 2.34 bits per heavy atom. The third-order valence-electron chi connectivity index (χ3n) is 3.64. The number of carbonyl (C=O) groups is 1. The van der Waals surface area contributed by atoms with Crippen LogP contribution >= 0.6 is 0 Å². The van der Waals surface area contributed by atoms with Crippen molar-refractivity contribution in [1.82, 2.24) is 15.3 Å². The van der Waals surface area contributed by atoms with Gasteiger partial charge in [0.25, 0.3) is 11.8 Å². The van der Waals surface area contributed by atoms with E-state index in [2.05, 4.69) is 26.9 Å². The van der Waals surface area contributed by atoms with Crippen LogP contribution in [0.15, 0.2) is 36.8 Å². The molecule has 2 aromatic heterocycles. The van der Waals surface area contributed by atoms with Crippen LogP contribution in [0.3, 0.4) is 0 Å². The first-order valence-corrected chi connectivity index (χ1v) is 8.85.